The number of aryl methyl sites for hydroxylation is 1. The molecule has 6 nitrogen and oxygen atoms in total. The summed E-state index contributed by atoms with van der Waals surface area (Å²) in [6.45, 7) is 1.87. The zero-order valence-electron chi connectivity index (χ0n) is 9.80. The van der Waals surface area contributed by atoms with Crippen molar-refractivity contribution in [1.29, 1.82) is 0 Å². The third-order valence-corrected chi connectivity index (χ3v) is 2.04. The molecule has 0 saturated heterocycles. The average Bonchev–Trinajstić information content (AvgIpc) is 2.27. The third-order valence-electron chi connectivity index (χ3n) is 2.04. The van der Waals surface area contributed by atoms with Crippen LogP contribution in [0.4, 0.5) is 0 Å². The van der Waals surface area contributed by atoms with Gasteiger partial charge in [-0.1, -0.05) is 17.7 Å². The quantitative estimate of drug-likeness (QED) is 0.628. The van der Waals surface area contributed by atoms with Gasteiger partial charge in [-0.15, -0.1) is 0 Å². The van der Waals surface area contributed by atoms with Crippen molar-refractivity contribution >= 4 is 17.9 Å². The van der Waals surface area contributed by atoms with E-state index in [1.165, 1.54) is 0 Å². The Balaban J connectivity index is 0.00000289. The molecule has 0 saturated carbocycles. The number of esters is 2. The van der Waals surface area contributed by atoms with Gasteiger partial charge in [-0.25, -0.2) is 4.79 Å². The number of rotatable bonds is 4. The van der Waals surface area contributed by atoms with Gasteiger partial charge in [0.2, 0.25) is 0 Å². The predicted molar refractivity (Wildman–Crippen MR) is 62.1 cm³/mol. The molecule has 0 atom stereocenters. The van der Waals surface area contributed by atoms with E-state index in [4.69, 9.17) is 5.11 Å². The van der Waals surface area contributed by atoms with Crippen molar-refractivity contribution in [1.82, 2.24) is 0 Å². The van der Waals surface area contributed by atoms with Crippen molar-refractivity contribution in [3.05, 3.63) is 35.4 Å². The van der Waals surface area contributed by atoms with Crippen LogP contribution in [0.15, 0.2) is 24.3 Å². The molecule has 0 spiro atoms. The summed E-state index contributed by atoms with van der Waals surface area (Å²) in [6.07, 6.45) is -0.660. The highest BCUT2D eigenvalue weighted by molar-refractivity contribution is 5.97. The van der Waals surface area contributed by atoms with E-state index < -0.39 is 17.9 Å². The Morgan fingerprint density at radius 1 is 1.11 bits per heavy atom. The van der Waals surface area contributed by atoms with E-state index in [1.807, 2.05) is 6.92 Å². The molecule has 0 unspecified atom stereocenters. The van der Waals surface area contributed by atoms with Gasteiger partial charge in [-0.3, -0.25) is 9.59 Å². The molecule has 0 aliphatic rings. The second-order valence-corrected chi connectivity index (χ2v) is 3.52. The van der Waals surface area contributed by atoms with Crippen molar-refractivity contribution in [2.75, 3.05) is 0 Å². The summed E-state index contributed by atoms with van der Waals surface area (Å²) in [7, 11) is 0. The van der Waals surface area contributed by atoms with Gasteiger partial charge < -0.3 is 15.3 Å². The van der Waals surface area contributed by atoms with Crippen molar-refractivity contribution in [3.8, 4) is 0 Å². The average molecular weight is 254 g/mol. The van der Waals surface area contributed by atoms with Crippen molar-refractivity contribution < 1.29 is 29.7 Å². The Morgan fingerprint density at radius 3 is 2.17 bits per heavy atom. The normalized spacial score (nSPS) is 9.17. The first-order valence-electron chi connectivity index (χ1n) is 5.02. The minimum atomic E-state index is -1.11. The zero-order chi connectivity index (χ0) is 12.8. The molecule has 98 valence electrons. The topological polar surface area (TPSA) is 112 Å². The number of carbonyl (C=O) groups is 3. The first-order valence-corrected chi connectivity index (χ1v) is 5.02. The summed E-state index contributed by atoms with van der Waals surface area (Å²) in [5.74, 6) is -2.71. The van der Waals surface area contributed by atoms with Crippen LogP contribution in [0.25, 0.3) is 0 Å². The van der Waals surface area contributed by atoms with Crippen LogP contribution in [-0.2, 0) is 14.3 Å². The Labute approximate surface area is 103 Å². The van der Waals surface area contributed by atoms with Gasteiger partial charge >= 0.3 is 17.9 Å². The molecule has 1 aromatic rings. The predicted octanol–water partition coefficient (Wildman–Crippen LogP) is 0.719. The maximum atomic E-state index is 11.4. The molecule has 0 amide bonds. The van der Waals surface area contributed by atoms with E-state index in [0.29, 0.717) is 0 Å². The lowest BCUT2D eigenvalue weighted by atomic mass is 10.1. The van der Waals surface area contributed by atoms with Gasteiger partial charge in [0.1, 0.15) is 0 Å². The van der Waals surface area contributed by atoms with E-state index in [-0.39, 0.29) is 23.9 Å². The van der Waals surface area contributed by atoms with Crippen LogP contribution in [0.3, 0.4) is 0 Å². The van der Waals surface area contributed by atoms with Crippen LogP contribution in [0.2, 0.25) is 0 Å². The van der Waals surface area contributed by atoms with Crippen LogP contribution in [-0.4, -0.2) is 28.5 Å². The van der Waals surface area contributed by atoms with Gasteiger partial charge in [0.15, 0.2) is 0 Å². The second kappa shape index (κ2) is 7.18. The smallest absolute Gasteiger partial charge is 0.345 e. The van der Waals surface area contributed by atoms with Gasteiger partial charge in [-0.05, 0) is 19.1 Å². The van der Waals surface area contributed by atoms with Gasteiger partial charge in [0.25, 0.3) is 0 Å². The maximum Gasteiger partial charge on any atom is 0.345 e. The summed E-state index contributed by atoms with van der Waals surface area (Å²) in [5.41, 5.74) is 1.25. The SMILES string of the molecule is Cc1ccc(C(=O)OC(=O)CCC(=O)O)cc1.O. The summed E-state index contributed by atoms with van der Waals surface area (Å²) in [5, 5.41) is 8.35. The summed E-state index contributed by atoms with van der Waals surface area (Å²) >= 11 is 0. The fourth-order valence-corrected chi connectivity index (χ4v) is 1.11. The monoisotopic (exact) mass is 254 g/mol. The largest absolute Gasteiger partial charge is 0.481 e. The van der Waals surface area contributed by atoms with Gasteiger partial charge in [-0.2, -0.15) is 0 Å². The number of carboxylic acid groups (broad SMARTS) is 1. The molecule has 0 heterocycles. The van der Waals surface area contributed by atoms with Crippen molar-refractivity contribution in [3.63, 3.8) is 0 Å². The second-order valence-electron chi connectivity index (χ2n) is 3.52. The summed E-state index contributed by atoms with van der Waals surface area (Å²) in [6, 6.07) is 6.53. The van der Waals surface area contributed by atoms with Crippen LogP contribution < -0.4 is 0 Å². The highest BCUT2D eigenvalue weighted by Crippen LogP contribution is 2.06. The van der Waals surface area contributed by atoms with Crippen molar-refractivity contribution in [2.45, 2.75) is 19.8 Å². The van der Waals surface area contributed by atoms with E-state index >= 15 is 0 Å². The lowest BCUT2D eigenvalue weighted by Crippen LogP contribution is -2.13. The molecular formula is C12H14O6. The van der Waals surface area contributed by atoms with Gasteiger partial charge in [0, 0.05) is 0 Å². The molecule has 0 aromatic heterocycles. The molecule has 0 radical (unpaired) electrons. The minimum absolute atomic E-state index is 0. The van der Waals surface area contributed by atoms with Gasteiger partial charge in [0.05, 0.1) is 18.4 Å². The zero-order valence-corrected chi connectivity index (χ0v) is 9.80. The molecule has 0 aliphatic heterocycles. The highest BCUT2D eigenvalue weighted by atomic mass is 16.6. The number of hydrogen-bond donors (Lipinski definition) is 1. The molecule has 0 bridgehead atoms. The lowest BCUT2D eigenvalue weighted by Gasteiger charge is -2.02. The molecule has 0 fully saturated rings. The summed E-state index contributed by atoms with van der Waals surface area (Å²) < 4.78 is 4.49. The Bertz CT molecular complexity index is 434. The number of aliphatic carboxylic acids is 1. The molecule has 1 aromatic carbocycles. The number of carbonyl (C=O) groups excluding carboxylic acids is 2. The Kier molecular flexibility index (Phi) is 6.30. The first kappa shape index (κ1) is 15.8. The molecule has 6 heteroatoms. The van der Waals surface area contributed by atoms with E-state index in [1.54, 1.807) is 24.3 Å². The van der Waals surface area contributed by atoms with Crippen LogP contribution in [0.1, 0.15) is 28.8 Å². The standard InChI is InChI=1S/C12H12O5.H2O/c1-8-2-4-9(5-3-8)12(16)17-11(15)7-6-10(13)14;/h2-5H,6-7H2,1H3,(H,13,14);1H2. The number of ether oxygens (including phenoxy) is 1. The number of carboxylic acids is 1. The van der Waals surface area contributed by atoms with Crippen LogP contribution in [0.5, 0.6) is 0 Å². The Morgan fingerprint density at radius 2 is 1.67 bits per heavy atom. The molecule has 0 aliphatic carbocycles. The van der Waals surface area contributed by atoms with Crippen LogP contribution in [0, 0.1) is 6.92 Å². The molecule has 3 N–H and O–H groups in total. The number of benzene rings is 1. The highest BCUT2D eigenvalue weighted by Gasteiger charge is 2.13. The molecule has 1 rings (SSSR count). The fraction of sp³-hybridized carbons (Fsp3) is 0.250. The maximum absolute atomic E-state index is 11.4. The Hall–Kier alpha value is -2.21. The molecule has 18 heavy (non-hydrogen) atoms. The fourth-order valence-electron chi connectivity index (χ4n) is 1.11. The minimum Gasteiger partial charge on any atom is -0.481 e. The number of hydrogen-bond acceptors (Lipinski definition) is 4. The lowest BCUT2D eigenvalue weighted by molar-refractivity contribution is -0.144. The van der Waals surface area contributed by atoms with E-state index in [2.05, 4.69) is 4.74 Å². The third kappa shape index (κ3) is 5.22. The summed E-state index contributed by atoms with van der Waals surface area (Å²) in [4.78, 5) is 32.7. The molecular weight excluding hydrogens is 240 g/mol. The van der Waals surface area contributed by atoms with E-state index in [0.717, 1.165) is 5.56 Å². The van der Waals surface area contributed by atoms with E-state index in [9.17, 15) is 14.4 Å². The van der Waals surface area contributed by atoms with Crippen molar-refractivity contribution in [2.24, 2.45) is 0 Å². The van der Waals surface area contributed by atoms with Crippen LogP contribution >= 0.6 is 0 Å². The first-order chi connectivity index (χ1) is 7.99.